The molecule has 2 rings (SSSR count). The number of hydrogen-bond acceptors (Lipinski definition) is 5. The highest BCUT2D eigenvalue weighted by Gasteiger charge is 2.22. The molecule has 1 aromatic rings. The lowest BCUT2D eigenvalue weighted by Crippen LogP contribution is -2.50. The number of anilines is 1. The molecule has 0 radical (unpaired) electrons. The van der Waals surface area contributed by atoms with Crippen molar-refractivity contribution in [2.24, 2.45) is 0 Å². The Labute approximate surface area is 103 Å². The number of piperazine rings is 1. The van der Waals surface area contributed by atoms with Crippen LogP contribution >= 0.6 is 0 Å². The normalized spacial score (nSPS) is 22.9. The van der Waals surface area contributed by atoms with Gasteiger partial charge in [0.15, 0.2) is 0 Å². The van der Waals surface area contributed by atoms with Crippen molar-refractivity contribution in [3.05, 3.63) is 17.6 Å². The van der Waals surface area contributed by atoms with Crippen molar-refractivity contribution in [3.8, 4) is 0 Å². The molecular weight excluding hydrogens is 214 g/mol. The van der Waals surface area contributed by atoms with Gasteiger partial charge in [-0.2, -0.15) is 0 Å². The van der Waals surface area contributed by atoms with Gasteiger partial charge in [0, 0.05) is 37.4 Å². The predicted molar refractivity (Wildman–Crippen MR) is 68.6 cm³/mol. The largest absolute Gasteiger partial charge is 0.384 e. The summed E-state index contributed by atoms with van der Waals surface area (Å²) in [6.07, 6.45) is 0. The van der Waals surface area contributed by atoms with Crippen molar-refractivity contribution in [3.63, 3.8) is 0 Å². The Morgan fingerprint density at radius 3 is 2.82 bits per heavy atom. The second-order valence-corrected chi connectivity index (χ2v) is 4.93. The van der Waals surface area contributed by atoms with Crippen molar-refractivity contribution >= 4 is 5.82 Å². The molecule has 1 unspecified atom stereocenters. The molecule has 17 heavy (non-hydrogen) atoms. The summed E-state index contributed by atoms with van der Waals surface area (Å²) < 4.78 is 0. The zero-order valence-corrected chi connectivity index (χ0v) is 10.8. The molecule has 5 heteroatoms. The van der Waals surface area contributed by atoms with Gasteiger partial charge in [-0.15, -0.1) is 0 Å². The maximum atomic E-state index is 5.74. The first-order valence-electron chi connectivity index (χ1n) is 6.07. The van der Waals surface area contributed by atoms with E-state index < -0.39 is 0 Å². The number of rotatable bonds is 2. The monoisotopic (exact) mass is 235 g/mol. The van der Waals surface area contributed by atoms with E-state index >= 15 is 0 Å². The summed E-state index contributed by atoms with van der Waals surface area (Å²) in [5.41, 5.74) is 6.68. The van der Waals surface area contributed by atoms with Crippen LogP contribution in [-0.4, -0.2) is 52.5 Å². The smallest absolute Gasteiger partial charge is 0.144 e. The predicted octanol–water partition coefficient (Wildman–Crippen LogP) is 0.503. The summed E-state index contributed by atoms with van der Waals surface area (Å²) in [4.78, 5) is 13.5. The molecule has 2 heterocycles. The fourth-order valence-corrected chi connectivity index (χ4v) is 2.32. The number of aryl methyl sites for hydroxylation is 1. The molecule has 0 amide bonds. The Bertz CT molecular complexity index is 372. The highest BCUT2D eigenvalue weighted by Crippen LogP contribution is 2.12. The number of nitrogens with two attached hydrogens (primary N) is 1. The first-order chi connectivity index (χ1) is 8.04. The van der Waals surface area contributed by atoms with Crippen LogP contribution in [0.1, 0.15) is 18.4 Å². The maximum Gasteiger partial charge on any atom is 0.144 e. The van der Waals surface area contributed by atoms with E-state index in [1.165, 1.54) is 0 Å². The topological polar surface area (TPSA) is 58.3 Å². The van der Waals surface area contributed by atoms with Gasteiger partial charge >= 0.3 is 0 Å². The second kappa shape index (κ2) is 4.98. The molecule has 0 bridgehead atoms. The van der Waals surface area contributed by atoms with Gasteiger partial charge in [-0.05, 0) is 20.9 Å². The van der Waals surface area contributed by atoms with Gasteiger partial charge in [0.05, 0.1) is 6.54 Å². The van der Waals surface area contributed by atoms with Crippen molar-refractivity contribution in [1.29, 1.82) is 0 Å². The van der Waals surface area contributed by atoms with Crippen LogP contribution < -0.4 is 5.73 Å². The first-order valence-corrected chi connectivity index (χ1v) is 6.07. The van der Waals surface area contributed by atoms with Gasteiger partial charge in [0.1, 0.15) is 11.6 Å². The minimum Gasteiger partial charge on any atom is -0.384 e. The van der Waals surface area contributed by atoms with E-state index in [1.807, 2.05) is 6.92 Å². The summed E-state index contributed by atoms with van der Waals surface area (Å²) in [6.45, 7) is 8.26. The molecular formula is C12H21N5. The van der Waals surface area contributed by atoms with E-state index in [0.717, 1.165) is 37.7 Å². The van der Waals surface area contributed by atoms with Crippen LogP contribution in [0.3, 0.4) is 0 Å². The third kappa shape index (κ3) is 3.14. The fourth-order valence-electron chi connectivity index (χ4n) is 2.32. The maximum absolute atomic E-state index is 5.74. The minimum absolute atomic E-state index is 0.541. The number of aromatic nitrogens is 2. The van der Waals surface area contributed by atoms with Crippen molar-refractivity contribution < 1.29 is 0 Å². The quantitative estimate of drug-likeness (QED) is 0.809. The Morgan fingerprint density at radius 1 is 1.41 bits per heavy atom. The average Bonchev–Trinajstić information content (AvgIpc) is 2.21. The molecule has 1 aliphatic rings. The molecule has 1 fully saturated rings. The third-order valence-electron chi connectivity index (χ3n) is 3.23. The average molecular weight is 235 g/mol. The highest BCUT2D eigenvalue weighted by molar-refractivity contribution is 5.29. The lowest BCUT2D eigenvalue weighted by molar-refractivity contribution is 0.0915. The second-order valence-electron chi connectivity index (χ2n) is 4.93. The van der Waals surface area contributed by atoms with E-state index in [1.54, 1.807) is 6.07 Å². The number of nitrogens with zero attached hydrogens (tertiary/aromatic N) is 4. The number of likely N-dealkylation sites (N-methyl/N-ethyl adjacent to an activating group) is 1. The van der Waals surface area contributed by atoms with Crippen LogP contribution in [0.5, 0.6) is 0 Å². The summed E-state index contributed by atoms with van der Waals surface area (Å²) in [6, 6.07) is 2.34. The van der Waals surface area contributed by atoms with Gasteiger partial charge in [-0.25, -0.2) is 9.97 Å². The van der Waals surface area contributed by atoms with E-state index in [0.29, 0.717) is 11.9 Å². The van der Waals surface area contributed by atoms with Crippen LogP contribution in [-0.2, 0) is 6.54 Å². The molecule has 94 valence electrons. The van der Waals surface area contributed by atoms with Crippen LogP contribution in [0, 0.1) is 6.92 Å². The SMILES string of the molecule is Cc1cc(N)nc(CN2CCN(C)CC2C)n1. The number of nitrogen functional groups attached to an aromatic ring is 1. The molecule has 5 nitrogen and oxygen atoms in total. The molecule has 1 atom stereocenters. The summed E-state index contributed by atoms with van der Waals surface area (Å²) >= 11 is 0. The molecule has 2 N–H and O–H groups in total. The summed E-state index contributed by atoms with van der Waals surface area (Å²) in [7, 11) is 2.16. The Kier molecular flexibility index (Phi) is 3.59. The molecule has 0 aliphatic carbocycles. The van der Waals surface area contributed by atoms with Crippen molar-refractivity contribution in [2.45, 2.75) is 26.4 Å². The van der Waals surface area contributed by atoms with Gasteiger partial charge in [0.25, 0.3) is 0 Å². The fraction of sp³-hybridized carbons (Fsp3) is 0.667. The van der Waals surface area contributed by atoms with E-state index in [-0.39, 0.29) is 0 Å². The standard InChI is InChI=1S/C12H21N5/c1-9-6-11(13)15-12(14-9)8-17-5-4-16(3)7-10(17)2/h6,10H,4-5,7-8H2,1-3H3,(H2,13,14,15). The number of hydrogen-bond donors (Lipinski definition) is 1. The molecule has 1 saturated heterocycles. The van der Waals surface area contributed by atoms with Gasteiger partial charge in [0.2, 0.25) is 0 Å². The van der Waals surface area contributed by atoms with Crippen LogP contribution in [0.25, 0.3) is 0 Å². The zero-order valence-electron chi connectivity index (χ0n) is 10.8. The zero-order chi connectivity index (χ0) is 12.4. The van der Waals surface area contributed by atoms with Crippen LogP contribution in [0.4, 0.5) is 5.82 Å². The van der Waals surface area contributed by atoms with Gasteiger partial charge < -0.3 is 10.6 Å². The van der Waals surface area contributed by atoms with E-state index in [9.17, 15) is 0 Å². The molecule has 1 aliphatic heterocycles. The summed E-state index contributed by atoms with van der Waals surface area (Å²) in [5.74, 6) is 1.40. The molecule has 0 saturated carbocycles. The Balaban J connectivity index is 2.05. The lowest BCUT2D eigenvalue weighted by atomic mass is 10.2. The molecule has 0 aromatic carbocycles. The molecule has 1 aromatic heterocycles. The third-order valence-corrected chi connectivity index (χ3v) is 3.23. The van der Waals surface area contributed by atoms with Crippen LogP contribution in [0.15, 0.2) is 6.07 Å². The minimum atomic E-state index is 0.541. The Morgan fingerprint density at radius 2 is 2.18 bits per heavy atom. The first kappa shape index (κ1) is 12.3. The van der Waals surface area contributed by atoms with E-state index in [4.69, 9.17) is 5.73 Å². The van der Waals surface area contributed by atoms with Gasteiger partial charge in [-0.1, -0.05) is 0 Å². The molecule has 0 spiro atoms. The van der Waals surface area contributed by atoms with Crippen molar-refractivity contribution in [1.82, 2.24) is 19.8 Å². The van der Waals surface area contributed by atoms with Gasteiger partial charge in [-0.3, -0.25) is 4.90 Å². The Hall–Kier alpha value is -1.20. The van der Waals surface area contributed by atoms with Crippen molar-refractivity contribution in [2.75, 3.05) is 32.4 Å². The van der Waals surface area contributed by atoms with Crippen LogP contribution in [0.2, 0.25) is 0 Å². The summed E-state index contributed by atoms with van der Waals surface area (Å²) in [5, 5.41) is 0. The lowest BCUT2D eigenvalue weighted by Gasteiger charge is -2.37. The highest BCUT2D eigenvalue weighted by atomic mass is 15.3. The van der Waals surface area contributed by atoms with E-state index in [2.05, 4.69) is 33.7 Å².